The molecule has 0 bridgehead atoms. The molecule has 1 N–H and O–H groups in total. The summed E-state index contributed by atoms with van der Waals surface area (Å²) in [5, 5.41) is 3.81. The van der Waals surface area contributed by atoms with E-state index in [-0.39, 0.29) is 29.6 Å². The quantitative estimate of drug-likeness (QED) is 0.260. The molecule has 1 amide bonds. The molecule has 1 saturated heterocycles. The maximum Gasteiger partial charge on any atom is 0.270 e. The number of benzene rings is 3. The zero-order valence-electron chi connectivity index (χ0n) is 25.9. The molecule has 1 unspecified atom stereocenters. The second-order valence-electron chi connectivity index (χ2n) is 11.3. The molecule has 46 heavy (non-hydrogen) atoms. The Kier molecular flexibility index (Phi) is 8.93. The van der Waals surface area contributed by atoms with Gasteiger partial charge in [0.1, 0.15) is 5.75 Å². The van der Waals surface area contributed by atoms with Gasteiger partial charge in [0, 0.05) is 60.8 Å². The van der Waals surface area contributed by atoms with Crippen molar-refractivity contribution in [3.05, 3.63) is 107 Å². The Balaban J connectivity index is 1.44. The zero-order chi connectivity index (χ0) is 32.5. The number of anilines is 2. The second kappa shape index (κ2) is 12.9. The molecular weight excluding hydrogens is 626 g/mol. The summed E-state index contributed by atoms with van der Waals surface area (Å²) in [6.07, 6.45) is 1.57. The normalized spacial score (nSPS) is 18.5. The first-order chi connectivity index (χ1) is 22.2. The van der Waals surface area contributed by atoms with E-state index in [2.05, 4.69) is 39.3 Å². The molecule has 0 spiro atoms. The number of nitrogens with zero attached hydrogens (tertiary/aromatic N) is 4. The molecule has 0 radical (unpaired) electrons. The molecule has 3 heterocycles. The van der Waals surface area contributed by atoms with Gasteiger partial charge in [-0.25, -0.2) is 17.7 Å². The molecule has 4 aromatic rings. The smallest absolute Gasteiger partial charge is 0.270 e. The lowest BCUT2D eigenvalue weighted by atomic mass is 9.84. The SMILES string of the molecule is CCOc1ncccc1C1(NCc2ccc(N3CCN(C)CC3)cc2)C(=O)N(S(=O)(=O)c2ccc(OC)cc2)c2ccc(Cl)cc21. The van der Waals surface area contributed by atoms with E-state index in [0.29, 0.717) is 21.9 Å². The number of likely N-dealkylation sites (N-methyl/N-ethyl adjacent to an activating group) is 1. The summed E-state index contributed by atoms with van der Waals surface area (Å²) < 4.78 is 40.5. The lowest BCUT2D eigenvalue weighted by Gasteiger charge is -2.34. The Hall–Kier alpha value is -4.16. The summed E-state index contributed by atoms with van der Waals surface area (Å²) >= 11 is 6.54. The fourth-order valence-electron chi connectivity index (χ4n) is 6.03. The number of nitrogens with one attached hydrogen (secondary N) is 1. The van der Waals surface area contributed by atoms with Gasteiger partial charge in [-0.05, 0) is 86.3 Å². The van der Waals surface area contributed by atoms with Crippen molar-refractivity contribution in [1.29, 1.82) is 0 Å². The van der Waals surface area contributed by atoms with Gasteiger partial charge < -0.3 is 19.3 Å². The Morgan fingerprint density at radius 3 is 2.35 bits per heavy atom. The summed E-state index contributed by atoms with van der Waals surface area (Å²) in [4.78, 5) is 24.0. The van der Waals surface area contributed by atoms with Crippen molar-refractivity contribution < 1.29 is 22.7 Å². The van der Waals surface area contributed by atoms with Crippen LogP contribution in [0.3, 0.4) is 0 Å². The van der Waals surface area contributed by atoms with Crippen LogP contribution in [0.25, 0.3) is 0 Å². The first-order valence-corrected chi connectivity index (χ1v) is 16.9. The van der Waals surface area contributed by atoms with Crippen LogP contribution in [-0.2, 0) is 26.9 Å². The van der Waals surface area contributed by atoms with E-state index >= 15 is 0 Å². The largest absolute Gasteiger partial charge is 0.497 e. The monoisotopic (exact) mass is 661 g/mol. The second-order valence-corrected chi connectivity index (χ2v) is 13.5. The maximum absolute atomic E-state index is 14.9. The van der Waals surface area contributed by atoms with Gasteiger partial charge in [-0.2, -0.15) is 0 Å². The molecule has 12 heteroatoms. The number of rotatable bonds is 10. The molecule has 0 saturated carbocycles. The number of hydrogen-bond donors (Lipinski definition) is 1. The topological polar surface area (TPSA) is 104 Å². The van der Waals surface area contributed by atoms with Crippen LogP contribution in [0.1, 0.15) is 23.6 Å². The zero-order valence-corrected chi connectivity index (χ0v) is 27.5. The van der Waals surface area contributed by atoms with Crippen molar-refractivity contribution in [3.63, 3.8) is 0 Å². The maximum atomic E-state index is 14.9. The lowest BCUT2D eigenvalue weighted by Crippen LogP contribution is -2.52. The number of carbonyl (C=O) groups excluding carboxylic acids is 1. The highest BCUT2D eigenvalue weighted by Gasteiger charge is 2.57. The Bertz CT molecular complexity index is 1830. The van der Waals surface area contributed by atoms with Gasteiger partial charge in [0.25, 0.3) is 15.9 Å². The minimum Gasteiger partial charge on any atom is -0.497 e. The van der Waals surface area contributed by atoms with Crippen LogP contribution < -0.4 is 24.0 Å². The van der Waals surface area contributed by atoms with Gasteiger partial charge in [-0.15, -0.1) is 0 Å². The third-order valence-electron chi connectivity index (χ3n) is 8.50. The minimum absolute atomic E-state index is 0.0611. The van der Waals surface area contributed by atoms with Crippen molar-refractivity contribution in [2.45, 2.75) is 23.9 Å². The molecule has 1 fully saturated rings. The highest BCUT2D eigenvalue weighted by Crippen LogP contribution is 2.49. The van der Waals surface area contributed by atoms with E-state index in [0.717, 1.165) is 41.7 Å². The van der Waals surface area contributed by atoms with Crippen molar-refractivity contribution in [2.75, 3.05) is 56.1 Å². The summed E-state index contributed by atoms with van der Waals surface area (Å²) in [7, 11) is -0.751. The fourth-order valence-corrected chi connectivity index (χ4v) is 7.67. The highest BCUT2D eigenvalue weighted by atomic mass is 35.5. The number of pyridine rings is 1. The number of methoxy groups -OCH3 is 1. The van der Waals surface area contributed by atoms with Gasteiger partial charge in [-0.3, -0.25) is 10.1 Å². The van der Waals surface area contributed by atoms with Crippen molar-refractivity contribution in [3.8, 4) is 11.6 Å². The predicted molar refractivity (Wildman–Crippen MR) is 178 cm³/mol. The van der Waals surface area contributed by atoms with Crippen molar-refractivity contribution >= 4 is 38.9 Å². The third kappa shape index (κ3) is 5.68. The number of carbonyl (C=O) groups is 1. The number of ether oxygens (including phenoxy) is 2. The number of halogens is 1. The van der Waals surface area contributed by atoms with E-state index in [1.54, 1.807) is 48.7 Å². The van der Waals surface area contributed by atoms with E-state index in [1.807, 2.05) is 19.1 Å². The van der Waals surface area contributed by atoms with Crippen molar-refractivity contribution in [1.82, 2.24) is 15.2 Å². The molecule has 10 nitrogen and oxygen atoms in total. The third-order valence-corrected chi connectivity index (χ3v) is 10.4. The van der Waals surface area contributed by atoms with Crippen LogP contribution in [0.4, 0.5) is 11.4 Å². The van der Waals surface area contributed by atoms with Gasteiger partial charge in [0.2, 0.25) is 5.88 Å². The molecule has 6 rings (SSSR count). The summed E-state index contributed by atoms with van der Waals surface area (Å²) in [6.45, 7) is 6.24. The van der Waals surface area contributed by atoms with Crippen LogP contribution in [-0.4, -0.2) is 71.2 Å². The fraction of sp³-hybridized carbons (Fsp3) is 0.294. The van der Waals surface area contributed by atoms with E-state index in [4.69, 9.17) is 21.1 Å². The molecule has 1 atom stereocenters. The number of sulfonamides is 1. The molecule has 1 aromatic heterocycles. The van der Waals surface area contributed by atoms with Gasteiger partial charge >= 0.3 is 0 Å². The van der Waals surface area contributed by atoms with Crippen LogP contribution in [0.5, 0.6) is 11.6 Å². The number of piperazine rings is 1. The summed E-state index contributed by atoms with van der Waals surface area (Å²) in [5.74, 6) is -0.0141. The summed E-state index contributed by atoms with van der Waals surface area (Å²) in [6, 6.07) is 22.3. The van der Waals surface area contributed by atoms with E-state index in [9.17, 15) is 13.2 Å². The van der Waals surface area contributed by atoms with Crippen LogP contribution in [0.2, 0.25) is 5.02 Å². The predicted octanol–water partition coefficient (Wildman–Crippen LogP) is 4.66. The minimum atomic E-state index is -4.37. The van der Waals surface area contributed by atoms with E-state index < -0.39 is 21.5 Å². The number of aromatic nitrogens is 1. The van der Waals surface area contributed by atoms with Crippen molar-refractivity contribution in [2.24, 2.45) is 0 Å². The highest BCUT2D eigenvalue weighted by molar-refractivity contribution is 7.93. The average Bonchev–Trinajstić information content (AvgIpc) is 3.32. The standard InChI is InChI=1S/C34H36ClN5O5S/c1-4-45-32-29(6-5-17-36-32)34(37-23-24-7-10-26(11-8-24)39-20-18-38(2)19-21-39)30-22-25(35)9-16-31(30)40(33(34)41)46(42,43)28-14-12-27(44-3)13-15-28/h5-17,22,37H,4,18-21,23H2,1-3H3. The Morgan fingerprint density at radius 2 is 1.67 bits per heavy atom. The first-order valence-electron chi connectivity index (χ1n) is 15.1. The number of fused-ring (bicyclic) bond motifs is 1. The van der Waals surface area contributed by atoms with Gasteiger partial charge in [0.05, 0.1) is 24.3 Å². The number of amides is 1. The molecule has 3 aromatic carbocycles. The summed E-state index contributed by atoms with van der Waals surface area (Å²) in [5.41, 5.74) is 1.29. The van der Waals surface area contributed by atoms with E-state index in [1.165, 1.54) is 19.2 Å². The van der Waals surface area contributed by atoms with Crippen LogP contribution >= 0.6 is 11.6 Å². The molecule has 2 aliphatic heterocycles. The van der Waals surface area contributed by atoms with Crippen LogP contribution in [0, 0.1) is 0 Å². The van der Waals surface area contributed by atoms with Gasteiger partial charge in [0.15, 0.2) is 5.54 Å². The Labute approximate surface area is 274 Å². The molecular formula is C34H36ClN5O5S. The molecule has 240 valence electrons. The molecule has 2 aliphatic rings. The molecule has 0 aliphatic carbocycles. The lowest BCUT2D eigenvalue weighted by molar-refractivity contribution is -0.121. The number of hydrogen-bond acceptors (Lipinski definition) is 9. The van der Waals surface area contributed by atoms with Gasteiger partial charge in [-0.1, -0.05) is 23.7 Å². The van der Waals surface area contributed by atoms with Crippen LogP contribution in [0.15, 0.2) is 90.0 Å². The Morgan fingerprint density at radius 1 is 0.957 bits per heavy atom. The first kappa shape index (κ1) is 31.8. The average molecular weight is 662 g/mol.